The average molecular weight is 587 g/mol. The SMILES string of the molecule is CC(C)(C)c1cc(F)cc(-c2ccccc2)c1-n1c(-c2ccc3oc4c(-c5ccccc5)cccc4c3c2)nc2ccccc21. The van der Waals surface area contributed by atoms with Crippen LogP contribution in [0.25, 0.3) is 72.3 Å². The number of benzene rings is 6. The molecule has 0 aliphatic heterocycles. The molecule has 0 saturated heterocycles. The summed E-state index contributed by atoms with van der Waals surface area (Å²) in [5, 5.41) is 2.08. The lowest BCUT2D eigenvalue weighted by atomic mass is 9.83. The minimum absolute atomic E-state index is 0.256. The molecule has 0 amide bonds. The molecule has 0 saturated carbocycles. The first-order valence-electron chi connectivity index (χ1n) is 15.3. The number of halogens is 1. The second kappa shape index (κ2) is 10.3. The van der Waals surface area contributed by atoms with Crippen LogP contribution in [-0.4, -0.2) is 9.55 Å². The molecule has 0 fully saturated rings. The molecule has 2 heterocycles. The summed E-state index contributed by atoms with van der Waals surface area (Å²) in [6.45, 7) is 6.40. The lowest BCUT2D eigenvalue weighted by Gasteiger charge is -2.27. The van der Waals surface area contributed by atoms with Gasteiger partial charge in [0.2, 0.25) is 0 Å². The summed E-state index contributed by atoms with van der Waals surface area (Å²) >= 11 is 0. The third kappa shape index (κ3) is 4.53. The van der Waals surface area contributed by atoms with Crippen molar-refractivity contribution in [3.05, 3.63) is 145 Å². The average Bonchev–Trinajstić information content (AvgIpc) is 3.63. The zero-order valence-electron chi connectivity index (χ0n) is 25.4. The number of hydrogen-bond acceptors (Lipinski definition) is 2. The summed E-state index contributed by atoms with van der Waals surface area (Å²) in [7, 11) is 0. The molecule has 0 aliphatic rings. The molecule has 45 heavy (non-hydrogen) atoms. The van der Waals surface area contributed by atoms with Gasteiger partial charge in [0.1, 0.15) is 22.8 Å². The molecule has 0 spiro atoms. The first-order valence-corrected chi connectivity index (χ1v) is 15.3. The van der Waals surface area contributed by atoms with E-state index in [1.165, 1.54) is 0 Å². The van der Waals surface area contributed by atoms with Crippen LogP contribution in [0.2, 0.25) is 0 Å². The monoisotopic (exact) mass is 586 g/mol. The standard InChI is InChI=1S/C41H31FN2O/c1-41(2,3)34-25-29(42)24-32(27-15-8-5-9-16-27)38(34)44-36-20-11-10-19-35(36)43-40(44)28-21-22-37-33(23-28)31-18-12-17-30(39(31)45-37)26-13-6-4-7-14-26/h4-25H,1-3H3. The van der Waals surface area contributed by atoms with Crippen LogP contribution in [0, 0.1) is 5.82 Å². The number of nitrogens with zero attached hydrogens (tertiary/aromatic N) is 2. The minimum Gasteiger partial charge on any atom is -0.455 e. The van der Waals surface area contributed by atoms with Crippen LogP contribution in [-0.2, 0) is 5.41 Å². The Balaban J connectivity index is 1.43. The number of imidazole rings is 1. The topological polar surface area (TPSA) is 31.0 Å². The van der Waals surface area contributed by atoms with Crippen LogP contribution >= 0.6 is 0 Å². The Labute approximate surface area is 261 Å². The molecule has 218 valence electrons. The van der Waals surface area contributed by atoms with Gasteiger partial charge in [0.15, 0.2) is 0 Å². The third-order valence-electron chi connectivity index (χ3n) is 8.59. The Morgan fingerprint density at radius 1 is 0.622 bits per heavy atom. The molecule has 0 unspecified atom stereocenters. The summed E-state index contributed by atoms with van der Waals surface area (Å²) in [5.74, 6) is 0.537. The van der Waals surface area contributed by atoms with Crippen molar-refractivity contribution in [2.75, 3.05) is 0 Å². The summed E-state index contributed by atoms with van der Waals surface area (Å²) < 4.78 is 24.1. The Morgan fingerprint density at radius 2 is 1.31 bits per heavy atom. The molecular weight excluding hydrogens is 555 g/mol. The van der Waals surface area contributed by atoms with Crippen molar-refractivity contribution in [3.63, 3.8) is 0 Å². The predicted molar refractivity (Wildman–Crippen MR) is 183 cm³/mol. The zero-order valence-corrected chi connectivity index (χ0v) is 25.4. The minimum atomic E-state index is -0.345. The summed E-state index contributed by atoms with van der Waals surface area (Å²) in [6, 6.07) is 44.5. The van der Waals surface area contributed by atoms with Gasteiger partial charge in [-0.05, 0) is 64.6 Å². The number of rotatable bonds is 4. The van der Waals surface area contributed by atoms with E-state index in [2.05, 4.69) is 73.9 Å². The molecule has 8 rings (SSSR count). The molecule has 0 aliphatic carbocycles. The van der Waals surface area contributed by atoms with Gasteiger partial charge >= 0.3 is 0 Å². The van der Waals surface area contributed by atoms with E-state index in [-0.39, 0.29) is 11.2 Å². The summed E-state index contributed by atoms with van der Waals surface area (Å²) in [4.78, 5) is 5.21. The van der Waals surface area contributed by atoms with E-state index in [1.807, 2.05) is 72.8 Å². The third-order valence-corrected chi connectivity index (χ3v) is 8.59. The van der Waals surface area contributed by atoms with Crippen molar-refractivity contribution < 1.29 is 8.81 Å². The fourth-order valence-corrected chi connectivity index (χ4v) is 6.48. The molecule has 0 N–H and O–H groups in total. The molecule has 3 nitrogen and oxygen atoms in total. The van der Waals surface area contributed by atoms with Gasteiger partial charge in [-0.2, -0.15) is 0 Å². The molecule has 0 radical (unpaired) electrons. The van der Waals surface area contributed by atoms with Crippen molar-refractivity contribution in [3.8, 4) is 39.3 Å². The van der Waals surface area contributed by atoms with E-state index in [1.54, 1.807) is 12.1 Å². The highest BCUT2D eigenvalue weighted by molar-refractivity contribution is 6.10. The fraction of sp³-hybridized carbons (Fsp3) is 0.0976. The van der Waals surface area contributed by atoms with Gasteiger partial charge in [0.05, 0.1) is 16.7 Å². The summed E-state index contributed by atoms with van der Waals surface area (Å²) in [6.07, 6.45) is 0. The van der Waals surface area contributed by atoms with Gasteiger partial charge in [-0.3, -0.25) is 4.57 Å². The van der Waals surface area contributed by atoms with Crippen LogP contribution in [0.4, 0.5) is 4.39 Å². The maximum atomic E-state index is 15.4. The molecule has 8 aromatic rings. The highest BCUT2D eigenvalue weighted by Crippen LogP contribution is 2.42. The highest BCUT2D eigenvalue weighted by atomic mass is 19.1. The van der Waals surface area contributed by atoms with Crippen molar-refractivity contribution >= 4 is 33.0 Å². The van der Waals surface area contributed by atoms with E-state index < -0.39 is 0 Å². The highest BCUT2D eigenvalue weighted by Gasteiger charge is 2.27. The molecule has 4 heteroatoms. The molecule has 0 bridgehead atoms. The number of furan rings is 1. The lowest BCUT2D eigenvalue weighted by Crippen LogP contribution is -2.17. The van der Waals surface area contributed by atoms with Crippen molar-refractivity contribution in [1.82, 2.24) is 9.55 Å². The van der Waals surface area contributed by atoms with Gasteiger partial charge in [-0.25, -0.2) is 9.37 Å². The smallest absolute Gasteiger partial charge is 0.145 e. The van der Waals surface area contributed by atoms with E-state index >= 15 is 4.39 Å². The maximum absolute atomic E-state index is 15.4. The maximum Gasteiger partial charge on any atom is 0.145 e. The van der Waals surface area contributed by atoms with Crippen molar-refractivity contribution in [1.29, 1.82) is 0 Å². The Hall–Kier alpha value is -5.48. The van der Waals surface area contributed by atoms with Gasteiger partial charge in [0, 0.05) is 27.5 Å². The largest absolute Gasteiger partial charge is 0.455 e. The number of fused-ring (bicyclic) bond motifs is 4. The number of para-hydroxylation sites is 3. The number of hydrogen-bond donors (Lipinski definition) is 0. The molecular formula is C41H31FN2O. The van der Waals surface area contributed by atoms with Gasteiger partial charge in [-0.15, -0.1) is 0 Å². The first kappa shape index (κ1) is 27.1. The van der Waals surface area contributed by atoms with Crippen LogP contribution in [0.3, 0.4) is 0 Å². The van der Waals surface area contributed by atoms with Crippen LogP contribution < -0.4 is 0 Å². The predicted octanol–water partition coefficient (Wildman–Crippen LogP) is 11.4. The second-order valence-electron chi connectivity index (χ2n) is 12.6. The lowest BCUT2D eigenvalue weighted by molar-refractivity contribution is 0.570. The van der Waals surface area contributed by atoms with Crippen LogP contribution in [0.5, 0.6) is 0 Å². The quantitative estimate of drug-likeness (QED) is 0.205. The van der Waals surface area contributed by atoms with E-state index in [0.717, 1.165) is 77.9 Å². The van der Waals surface area contributed by atoms with E-state index in [4.69, 9.17) is 9.40 Å². The van der Waals surface area contributed by atoms with Gasteiger partial charge in [0.25, 0.3) is 0 Å². The van der Waals surface area contributed by atoms with Crippen LogP contribution in [0.1, 0.15) is 26.3 Å². The van der Waals surface area contributed by atoms with Crippen molar-refractivity contribution in [2.24, 2.45) is 0 Å². The Morgan fingerprint density at radius 3 is 2.04 bits per heavy atom. The van der Waals surface area contributed by atoms with Crippen LogP contribution in [0.15, 0.2) is 138 Å². The second-order valence-corrected chi connectivity index (χ2v) is 12.6. The first-order chi connectivity index (χ1) is 21.9. The molecule has 6 aromatic carbocycles. The Kier molecular flexibility index (Phi) is 6.21. The molecule has 0 atom stereocenters. The van der Waals surface area contributed by atoms with E-state index in [0.29, 0.717) is 0 Å². The Bertz CT molecular complexity index is 2360. The van der Waals surface area contributed by atoms with Crippen molar-refractivity contribution in [2.45, 2.75) is 26.2 Å². The fourth-order valence-electron chi connectivity index (χ4n) is 6.48. The zero-order chi connectivity index (χ0) is 30.7. The van der Waals surface area contributed by atoms with Gasteiger partial charge < -0.3 is 4.42 Å². The number of aromatic nitrogens is 2. The summed E-state index contributed by atoms with van der Waals surface area (Å²) in [5.41, 5.74) is 9.93. The normalized spacial score (nSPS) is 12.0. The molecule has 2 aromatic heterocycles. The van der Waals surface area contributed by atoms with Gasteiger partial charge in [-0.1, -0.05) is 112 Å². The van der Waals surface area contributed by atoms with E-state index in [9.17, 15) is 0 Å².